The summed E-state index contributed by atoms with van der Waals surface area (Å²) in [7, 11) is 6.65. The van der Waals surface area contributed by atoms with Crippen LogP contribution in [-0.2, 0) is 35.1 Å². The Labute approximate surface area is 327 Å². The third-order valence-corrected chi connectivity index (χ3v) is 12.0. The molecule has 0 aliphatic carbocycles. The van der Waals surface area contributed by atoms with E-state index in [0.29, 0.717) is 19.4 Å². The van der Waals surface area contributed by atoms with Crippen LogP contribution in [0.4, 0.5) is 0 Å². The number of benzene rings is 1. The summed E-state index contributed by atoms with van der Waals surface area (Å²) in [4.78, 5) is 63.6. The molecule has 1 aliphatic heterocycles. The number of nitrogens with one attached hydrogen (secondary N) is 3. The zero-order valence-corrected chi connectivity index (χ0v) is 35.2. The number of rotatable bonds is 21. The number of thiazole rings is 1. The average Bonchev–Trinajstić information content (AvgIpc) is 3.87. The molecule has 2 heterocycles. The second-order valence-corrected chi connectivity index (χ2v) is 16.4. The summed E-state index contributed by atoms with van der Waals surface area (Å²) in [5.74, 6) is -1.41. The Morgan fingerprint density at radius 2 is 1.63 bits per heavy atom. The number of likely N-dealkylation sites (N-methyl/N-ethyl adjacent to an activating group) is 2. The molecule has 0 radical (unpaired) electrons. The van der Waals surface area contributed by atoms with Crippen LogP contribution < -0.4 is 16.0 Å². The molecule has 1 aromatic heterocycles. The second kappa shape index (κ2) is 21.6. The van der Waals surface area contributed by atoms with E-state index in [9.17, 15) is 19.2 Å². The average molecular weight is 771 g/mol. The van der Waals surface area contributed by atoms with Crippen molar-refractivity contribution in [3.05, 3.63) is 52.5 Å². The molecule has 3 rings (SSSR count). The summed E-state index contributed by atoms with van der Waals surface area (Å²) in [6.07, 6.45) is 3.48. The van der Waals surface area contributed by atoms with E-state index < -0.39 is 36.3 Å². The number of ether oxygens (including phenoxy) is 2. The minimum atomic E-state index is -0.752. The van der Waals surface area contributed by atoms with Crippen LogP contribution in [0.1, 0.15) is 90.8 Å². The monoisotopic (exact) mass is 770 g/mol. The zero-order valence-electron chi connectivity index (χ0n) is 34.3. The summed E-state index contributed by atoms with van der Waals surface area (Å²) in [5, 5.41) is 12.0. The van der Waals surface area contributed by atoms with Crippen molar-refractivity contribution in [3.63, 3.8) is 0 Å². The lowest BCUT2D eigenvalue weighted by atomic mass is 9.89. The molecule has 1 saturated heterocycles. The van der Waals surface area contributed by atoms with E-state index in [-0.39, 0.29) is 59.9 Å². The van der Waals surface area contributed by atoms with Crippen LogP contribution in [0.5, 0.6) is 0 Å². The lowest BCUT2D eigenvalue weighted by Gasteiger charge is -2.41. The van der Waals surface area contributed by atoms with Gasteiger partial charge in [-0.1, -0.05) is 85.2 Å². The van der Waals surface area contributed by atoms with E-state index in [4.69, 9.17) is 9.47 Å². The number of hydrogen-bond acceptors (Lipinski definition) is 9. The third kappa shape index (κ3) is 11.6. The highest BCUT2D eigenvalue weighted by Crippen LogP contribution is 2.30. The first-order valence-electron chi connectivity index (χ1n) is 19.5. The molecule has 9 atom stereocenters. The van der Waals surface area contributed by atoms with Crippen LogP contribution in [0.25, 0.3) is 0 Å². The first-order chi connectivity index (χ1) is 25.7. The molecule has 2 aromatic rings. The normalized spacial score (nSPS) is 19.1. The van der Waals surface area contributed by atoms with Gasteiger partial charge < -0.3 is 35.2 Å². The highest BCUT2D eigenvalue weighted by atomic mass is 32.1. The van der Waals surface area contributed by atoms with E-state index in [1.54, 1.807) is 39.4 Å². The fraction of sp³-hybridized carbons (Fsp3) is 0.683. The third-order valence-electron chi connectivity index (χ3n) is 11.1. The van der Waals surface area contributed by atoms with Crippen LogP contribution in [0.3, 0.4) is 0 Å². The number of amides is 4. The molecule has 302 valence electrons. The van der Waals surface area contributed by atoms with Crippen molar-refractivity contribution >= 4 is 35.0 Å². The van der Waals surface area contributed by atoms with E-state index in [1.807, 2.05) is 75.2 Å². The molecule has 1 unspecified atom stereocenters. The number of likely N-dealkylation sites (tertiary alicyclic amines) is 1. The predicted octanol–water partition coefficient (Wildman–Crippen LogP) is 4.85. The van der Waals surface area contributed by atoms with Crippen LogP contribution >= 0.6 is 11.3 Å². The minimum Gasteiger partial charge on any atom is -0.379 e. The highest BCUT2D eigenvalue weighted by molar-refractivity contribution is 7.09. The van der Waals surface area contributed by atoms with Gasteiger partial charge in [0.15, 0.2) is 0 Å². The molecule has 13 heteroatoms. The first-order valence-corrected chi connectivity index (χ1v) is 20.4. The van der Waals surface area contributed by atoms with E-state index in [2.05, 4.69) is 34.8 Å². The van der Waals surface area contributed by atoms with E-state index in [1.165, 1.54) is 11.3 Å². The maximum Gasteiger partial charge on any atom is 0.245 e. The first kappa shape index (κ1) is 45.0. The Morgan fingerprint density at radius 1 is 0.963 bits per heavy atom. The Bertz CT molecular complexity index is 1460. The van der Waals surface area contributed by atoms with E-state index in [0.717, 1.165) is 23.4 Å². The molecule has 3 N–H and O–H groups in total. The molecule has 0 spiro atoms. The topological polar surface area (TPSA) is 142 Å². The molecule has 0 bridgehead atoms. The van der Waals surface area contributed by atoms with E-state index >= 15 is 0 Å². The van der Waals surface area contributed by atoms with Crippen LogP contribution in [-0.4, -0.2) is 110 Å². The van der Waals surface area contributed by atoms with Crippen molar-refractivity contribution in [1.82, 2.24) is 30.7 Å². The molecule has 1 fully saturated rings. The largest absolute Gasteiger partial charge is 0.379 e. The lowest BCUT2D eigenvalue weighted by Crippen LogP contribution is -2.59. The molecule has 1 aromatic carbocycles. The molecule has 12 nitrogen and oxygen atoms in total. The van der Waals surface area contributed by atoms with Gasteiger partial charge in [-0.05, 0) is 49.6 Å². The minimum absolute atomic E-state index is 0.00702. The Kier molecular flexibility index (Phi) is 18.0. The maximum absolute atomic E-state index is 14.3. The van der Waals surface area contributed by atoms with Crippen LogP contribution in [0.2, 0.25) is 0 Å². The van der Waals surface area contributed by atoms with Gasteiger partial charge in [0.05, 0.1) is 48.7 Å². The number of nitrogens with zero attached hydrogens (tertiary/aromatic N) is 3. The van der Waals surface area contributed by atoms with Gasteiger partial charge in [-0.15, -0.1) is 11.3 Å². The Balaban J connectivity index is 1.78. The fourth-order valence-corrected chi connectivity index (χ4v) is 8.50. The van der Waals surface area contributed by atoms with Crippen molar-refractivity contribution in [2.75, 3.05) is 34.9 Å². The van der Waals surface area contributed by atoms with Crippen molar-refractivity contribution < 1.29 is 28.7 Å². The summed E-state index contributed by atoms with van der Waals surface area (Å²) in [6, 6.07) is 7.77. The van der Waals surface area contributed by atoms with Gasteiger partial charge in [0, 0.05) is 39.4 Å². The van der Waals surface area contributed by atoms with Crippen molar-refractivity contribution in [2.45, 2.75) is 123 Å². The van der Waals surface area contributed by atoms with Crippen LogP contribution in [0, 0.1) is 23.7 Å². The van der Waals surface area contributed by atoms with Gasteiger partial charge in [0.1, 0.15) is 11.0 Å². The molecular weight excluding hydrogens is 705 g/mol. The fourth-order valence-electron chi connectivity index (χ4n) is 7.81. The quantitative estimate of drug-likeness (QED) is 0.164. The van der Waals surface area contributed by atoms with Crippen LogP contribution in [0.15, 0.2) is 41.9 Å². The zero-order chi connectivity index (χ0) is 40.1. The summed E-state index contributed by atoms with van der Waals surface area (Å²) in [6.45, 7) is 14.3. The van der Waals surface area contributed by atoms with Gasteiger partial charge in [-0.25, -0.2) is 4.98 Å². The molecule has 0 saturated carbocycles. The number of carbonyl (C=O) groups is 4. The van der Waals surface area contributed by atoms with Gasteiger partial charge in [0.25, 0.3) is 0 Å². The standard InChI is InChI=1S/C41H66N6O6S/c1-12-27(6)36(46(9)41(51)35(26(4)5)45-39(50)34(42-8)25(2)3)32(52-10)24-33(48)47-21-16-19-31(47)37(53-11)28(7)38(49)44-30(40-43-20-22-54-40)23-29-17-14-13-15-18-29/h13-15,17-18,20,22,25-28,30-32,34-37,42H,12,16,19,21,23-24H2,1-11H3,(H,44,49)(H,45,50)/t27-,28+,30-,31-,32+,34-,35-,36-,37?/m0/s1. The lowest BCUT2D eigenvalue weighted by molar-refractivity contribution is -0.147. The van der Waals surface area contributed by atoms with Gasteiger partial charge in [0.2, 0.25) is 23.6 Å². The number of hydrogen-bond donors (Lipinski definition) is 3. The highest BCUT2D eigenvalue weighted by Gasteiger charge is 2.43. The van der Waals surface area contributed by atoms with Crippen molar-refractivity contribution in [1.29, 1.82) is 0 Å². The summed E-state index contributed by atoms with van der Waals surface area (Å²) >= 11 is 1.51. The van der Waals surface area contributed by atoms with Gasteiger partial charge in [-0.2, -0.15) is 0 Å². The van der Waals surface area contributed by atoms with Crippen molar-refractivity contribution in [3.8, 4) is 0 Å². The maximum atomic E-state index is 14.3. The molecule has 1 aliphatic rings. The number of carbonyl (C=O) groups excluding carboxylic acids is 4. The predicted molar refractivity (Wildman–Crippen MR) is 214 cm³/mol. The second-order valence-electron chi connectivity index (χ2n) is 15.5. The van der Waals surface area contributed by atoms with Crippen molar-refractivity contribution in [2.24, 2.45) is 23.7 Å². The molecule has 54 heavy (non-hydrogen) atoms. The summed E-state index contributed by atoms with van der Waals surface area (Å²) < 4.78 is 12.1. The van der Waals surface area contributed by atoms with Gasteiger partial charge in [-0.3, -0.25) is 19.2 Å². The Hall–Kier alpha value is -3.39. The smallest absolute Gasteiger partial charge is 0.245 e. The SMILES string of the molecule is CC[C@H](C)[C@@H]([C@@H](CC(=O)N1CCC[C@H]1C(OC)[C@@H](C)C(=O)N[C@@H](Cc1ccccc1)c1nccs1)OC)N(C)C(=O)[C@@H](NC(=O)[C@@H](NC)C(C)C)C(C)C. The summed E-state index contributed by atoms with van der Waals surface area (Å²) in [5.41, 5.74) is 1.09. The molecular formula is C41H66N6O6S. The Morgan fingerprint density at radius 3 is 2.17 bits per heavy atom. The van der Waals surface area contributed by atoms with Gasteiger partial charge >= 0.3 is 0 Å². The molecule has 4 amide bonds. The number of aromatic nitrogens is 1. The number of methoxy groups -OCH3 is 2.